The predicted octanol–water partition coefficient (Wildman–Crippen LogP) is 5.58. The SMILES string of the molecule is CCCCCCCCC(=O)Nc1ccc(N2CCN(C(=O)Cc3cccc(C)c3)CC2)cc1. The topological polar surface area (TPSA) is 52.7 Å². The van der Waals surface area contributed by atoms with E-state index in [2.05, 4.69) is 48.3 Å². The van der Waals surface area contributed by atoms with Crippen molar-refractivity contribution in [3.05, 3.63) is 59.7 Å². The summed E-state index contributed by atoms with van der Waals surface area (Å²) in [6.07, 6.45) is 8.18. The molecular weight excluding hydrogens is 410 g/mol. The molecule has 1 fully saturated rings. The fourth-order valence-electron chi connectivity index (χ4n) is 4.37. The van der Waals surface area contributed by atoms with E-state index in [4.69, 9.17) is 0 Å². The number of nitrogens with zero attached hydrogens (tertiary/aromatic N) is 2. The Morgan fingerprint density at radius 2 is 1.58 bits per heavy atom. The van der Waals surface area contributed by atoms with Gasteiger partial charge in [0.1, 0.15) is 0 Å². The zero-order valence-corrected chi connectivity index (χ0v) is 20.3. The van der Waals surface area contributed by atoms with Gasteiger partial charge in [0.25, 0.3) is 0 Å². The van der Waals surface area contributed by atoms with Crippen molar-refractivity contribution in [1.29, 1.82) is 0 Å². The first kappa shape index (κ1) is 24.8. The maximum atomic E-state index is 12.7. The quantitative estimate of drug-likeness (QED) is 0.456. The molecule has 0 saturated carbocycles. The zero-order valence-electron chi connectivity index (χ0n) is 20.3. The van der Waals surface area contributed by atoms with E-state index in [1.807, 2.05) is 29.2 Å². The Labute approximate surface area is 199 Å². The molecule has 0 radical (unpaired) electrons. The third kappa shape index (κ3) is 8.23. The van der Waals surface area contributed by atoms with E-state index in [1.54, 1.807) is 0 Å². The lowest BCUT2D eigenvalue weighted by molar-refractivity contribution is -0.130. The Balaban J connectivity index is 1.39. The van der Waals surface area contributed by atoms with Crippen molar-refractivity contribution >= 4 is 23.2 Å². The van der Waals surface area contributed by atoms with E-state index < -0.39 is 0 Å². The van der Waals surface area contributed by atoms with Crippen molar-refractivity contribution in [2.24, 2.45) is 0 Å². The summed E-state index contributed by atoms with van der Waals surface area (Å²) >= 11 is 0. The van der Waals surface area contributed by atoms with Crippen LogP contribution in [-0.4, -0.2) is 42.9 Å². The Morgan fingerprint density at radius 3 is 2.27 bits per heavy atom. The van der Waals surface area contributed by atoms with Crippen molar-refractivity contribution in [3.63, 3.8) is 0 Å². The summed E-state index contributed by atoms with van der Waals surface area (Å²) in [7, 11) is 0. The van der Waals surface area contributed by atoms with Gasteiger partial charge in [-0.25, -0.2) is 0 Å². The number of hydrogen-bond acceptors (Lipinski definition) is 3. The molecule has 2 aromatic rings. The van der Waals surface area contributed by atoms with Gasteiger partial charge in [0.05, 0.1) is 6.42 Å². The van der Waals surface area contributed by atoms with Gasteiger partial charge in [0.2, 0.25) is 11.8 Å². The maximum Gasteiger partial charge on any atom is 0.227 e. The lowest BCUT2D eigenvalue weighted by Crippen LogP contribution is -2.49. The highest BCUT2D eigenvalue weighted by Gasteiger charge is 2.21. The lowest BCUT2D eigenvalue weighted by Gasteiger charge is -2.36. The summed E-state index contributed by atoms with van der Waals surface area (Å²) in [4.78, 5) is 29.1. The molecule has 1 aliphatic rings. The van der Waals surface area contributed by atoms with Crippen LogP contribution in [0.25, 0.3) is 0 Å². The van der Waals surface area contributed by atoms with E-state index in [1.165, 1.54) is 31.2 Å². The normalized spacial score (nSPS) is 13.8. The van der Waals surface area contributed by atoms with E-state index in [-0.39, 0.29) is 11.8 Å². The molecule has 5 heteroatoms. The van der Waals surface area contributed by atoms with Crippen LogP contribution in [0.15, 0.2) is 48.5 Å². The summed E-state index contributed by atoms with van der Waals surface area (Å²) in [6.45, 7) is 7.39. The average molecular weight is 450 g/mol. The van der Waals surface area contributed by atoms with Crippen molar-refractivity contribution in [2.45, 2.75) is 65.2 Å². The molecule has 178 valence electrons. The first-order chi connectivity index (χ1) is 16.0. The number of aryl methyl sites for hydroxylation is 1. The molecule has 2 amide bonds. The first-order valence-corrected chi connectivity index (χ1v) is 12.5. The molecule has 2 aromatic carbocycles. The van der Waals surface area contributed by atoms with Gasteiger partial charge in [-0.15, -0.1) is 0 Å². The molecule has 1 heterocycles. The van der Waals surface area contributed by atoms with Crippen LogP contribution in [0.1, 0.15) is 63.0 Å². The number of anilines is 2. The molecule has 1 N–H and O–H groups in total. The van der Waals surface area contributed by atoms with E-state index in [0.29, 0.717) is 12.8 Å². The molecule has 5 nitrogen and oxygen atoms in total. The number of amides is 2. The van der Waals surface area contributed by atoms with Crippen LogP contribution >= 0.6 is 0 Å². The number of rotatable bonds is 11. The summed E-state index contributed by atoms with van der Waals surface area (Å²) in [5, 5.41) is 3.01. The van der Waals surface area contributed by atoms with Gasteiger partial charge in [0.15, 0.2) is 0 Å². The number of piperazine rings is 1. The molecule has 1 saturated heterocycles. The van der Waals surface area contributed by atoms with Crippen LogP contribution in [0, 0.1) is 6.92 Å². The highest BCUT2D eigenvalue weighted by Crippen LogP contribution is 2.20. The molecule has 0 bridgehead atoms. The van der Waals surface area contributed by atoms with E-state index in [9.17, 15) is 9.59 Å². The second-order valence-electron chi connectivity index (χ2n) is 9.15. The van der Waals surface area contributed by atoms with Gasteiger partial charge in [-0.3, -0.25) is 9.59 Å². The number of carbonyl (C=O) groups excluding carboxylic acids is 2. The minimum absolute atomic E-state index is 0.0963. The first-order valence-electron chi connectivity index (χ1n) is 12.5. The number of hydrogen-bond donors (Lipinski definition) is 1. The van der Waals surface area contributed by atoms with Gasteiger partial charge in [-0.2, -0.15) is 0 Å². The Morgan fingerprint density at radius 1 is 0.879 bits per heavy atom. The lowest BCUT2D eigenvalue weighted by atomic mass is 10.1. The van der Waals surface area contributed by atoms with Gasteiger partial charge < -0.3 is 15.1 Å². The average Bonchev–Trinajstić information content (AvgIpc) is 2.82. The third-order valence-corrected chi connectivity index (χ3v) is 6.34. The minimum Gasteiger partial charge on any atom is -0.368 e. The van der Waals surface area contributed by atoms with E-state index in [0.717, 1.165) is 56.0 Å². The van der Waals surface area contributed by atoms with Crippen molar-refractivity contribution < 1.29 is 9.59 Å². The molecule has 0 atom stereocenters. The highest BCUT2D eigenvalue weighted by molar-refractivity contribution is 5.90. The number of nitrogens with one attached hydrogen (secondary N) is 1. The number of carbonyl (C=O) groups is 2. The second kappa shape index (κ2) is 13.0. The van der Waals surface area contributed by atoms with Crippen LogP contribution in [0.2, 0.25) is 0 Å². The van der Waals surface area contributed by atoms with Gasteiger partial charge in [-0.05, 0) is 43.2 Å². The molecule has 0 spiro atoms. The Kier molecular flexibility index (Phi) is 9.79. The number of unbranched alkanes of at least 4 members (excludes halogenated alkanes) is 5. The van der Waals surface area contributed by atoms with E-state index >= 15 is 0 Å². The van der Waals surface area contributed by atoms with Crippen LogP contribution in [0.3, 0.4) is 0 Å². The fraction of sp³-hybridized carbons (Fsp3) is 0.500. The zero-order chi connectivity index (χ0) is 23.5. The molecule has 1 aliphatic heterocycles. The third-order valence-electron chi connectivity index (χ3n) is 6.34. The molecular formula is C28H39N3O2. The fourth-order valence-corrected chi connectivity index (χ4v) is 4.37. The van der Waals surface area contributed by atoms with Gasteiger partial charge in [-0.1, -0.05) is 68.9 Å². The van der Waals surface area contributed by atoms with Crippen LogP contribution in [-0.2, 0) is 16.0 Å². The summed E-state index contributed by atoms with van der Waals surface area (Å²) in [6, 6.07) is 16.2. The summed E-state index contributed by atoms with van der Waals surface area (Å²) in [5.41, 5.74) is 4.25. The smallest absolute Gasteiger partial charge is 0.227 e. The predicted molar refractivity (Wildman–Crippen MR) is 137 cm³/mol. The molecule has 0 unspecified atom stereocenters. The minimum atomic E-state index is 0.0963. The number of benzene rings is 2. The maximum absolute atomic E-state index is 12.7. The van der Waals surface area contributed by atoms with Crippen LogP contribution in [0.5, 0.6) is 0 Å². The molecule has 3 rings (SSSR count). The van der Waals surface area contributed by atoms with Gasteiger partial charge in [0, 0.05) is 44.0 Å². The Hall–Kier alpha value is -2.82. The largest absolute Gasteiger partial charge is 0.368 e. The summed E-state index contributed by atoms with van der Waals surface area (Å²) in [5.74, 6) is 0.294. The van der Waals surface area contributed by atoms with Gasteiger partial charge >= 0.3 is 0 Å². The summed E-state index contributed by atoms with van der Waals surface area (Å²) < 4.78 is 0. The standard InChI is InChI=1S/C28H39N3O2/c1-3-4-5-6-7-8-12-27(32)29-25-13-15-26(16-14-25)30-17-19-31(20-18-30)28(33)22-24-11-9-10-23(2)21-24/h9-11,13-16,21H,3-8,12,17-20,22H2,1-2H3,(H,29,32). The Bertz CT molecular complexity index is 886. The monoisotopic (exact) mass is 449 g/mol. The van der Waals surface area contributed by atoms with Crippen molar-refractivity contribution in [3.8, 4) is 0 Å². The van der Waals surface area contributed by atoms with Crippen molar-refractivity contribution in [1.82, 2.24) is 4.90 Å². The van der Waals surface area contributed by atoms with Crippen LogP contribution in [0.4, 0.5) is 11.4 Å². The molecule has 0 aliphatic carbocycles. The highest BCUT2D eigenvalue weighted by atomic mass is 16.2. The second-order valence-corrected chi connectivity index (χ2v) is 9.15. The van der Waals surface area contributed by atoms with Crippen LogP contribution < -0.4 is 10.2 Å². The molecule has 0 aromatic heterocycles. The molecule has 33 heavy (non-hydrogen) atoms. The van der Waals surface area contributed by atoms with Crippen molar-refractivity contribution in [2.75, 3.05) is 36.4 Å².